The van der Waals surface area contributed by atoms with E-state index >= 15 is 0 Å². The van der Waals surface area contributed by atoms with Crippen LogP contribution in [0.3, 0.4) is 0 Å². The molecule has 0 spiro atoms. The predicted molar refractivity (Wildman–Crippen MR) is 109 cm³/mol. The van der Waals surface area contributed by atoms with Gasteiger partial charge in [0.05, 0.1) is 24.3 Å². The number of hydrogen-bond donors (Lipinski definition) is 1. The second-order valence-corrected chi connectivity index (χ2v) is 7.77. The van der Waals surface area contributed by atoms with Crippen molar-refractivity contribution in [2.75, 3.05) is 27.7 Å². The van der Waals surface area contributed by atoms with E-state index in [9.17, 15) is 4.79 Å². The SMILES string of the molecule is COc1ccc(-c2cc(C(=O)NCC(c3ccco3)N(C)C)sc2C)cc1. The van der Waals surface area contributed by atoms with Crippen LogP contribution in [0.25, 0.3) is 11.1 Å². The van der Waals surface area contributed by atoms with Crippen molar-refractivity contribution >= 4 is 17.2 Å². The van der Waals surface area contributed by atoms with E-state index in [1.165, 1.54) is 11.3 Å². The van der Waals surface area contributed by atoms with Crippen molar-refractivity contribution in [2.45, 2.75) is 13.0 Å². The van der Waals surface area contributed by atoms with Gasteiger partial charge in [-0.15, -0.1) is 11.3 Å². The minimum absolute atomic E-state index is 0.00827. The minimum Gasteiger partial charge on any atom is -0.497 e. The third-order valence-corrected chi connectivity index (χ3v) is 5.54. The molecular weight excluding hydrogens is 360 g/mol. The maximum Gasteiger partial charge on any atom is 0.261 e. The van der Waals surface area contributed by atoms with E-state index in [2.05, 4.69) is 5.32 Å². The number of benzene rings is 1. The highest BCUT2D eigenvalue weighted by Crippen LogP contribution is 2.32. The van der Waals surface area contributed by atoms with E-state index in [0.29, 0.717) is 11.4 Å². The Morgan fingerprint density at radius 2 is 2.00 bits per heavy atom. The van der Waals surface area contributed by atoms with Gasteiger partial charge in [0.15, 0.2) is 0 Å². The molecule has 1 N–H and O–H groups in total. The number of amides is 1. The molecule has 6 heteroatoms. The Labute approximate surface area is 163 Å². The Kier molecular flexibility index (Phi) is 5.98. The molecule has 0 fully saturated rings. The normalized spacial score (nSPS) is 12.2. The van der Waals surface area contributed by atoms with Gasteiger partial charge in [-0.3, -0.25) is 9.69 Å². The summed E-state index contributed by atoms with van der Waals surface area (Å²) in [7, 11) is 5.59. The third kappa shape index (κ3) is 4.40. The molecule has 1 amide bonds. The summed E-state index contributed by atoms with van der Waals surface area (Å²) < 4.78 is 10.7. The Bertz CT molecular complexity index is 883. The van der Waals surface area contributed by atoms with Gasteiger partial charge in [-0.25, -0.2) is 0 Å². The Morgan fingerprint density at radius 1 is 1.26 bits per heavy atom. The van der Waals surface area contributed by atoms with E-state index in [1.807, 2.05) is 68.4 Å². The lowest BCUT2D eigenvalue weighted by Gasteiger charge is -2.22. The van der Waals surface area contributed by atoms with E-state index in [1.54, 1.807) is 13.4 Å². The molecular formula is C21H24N2O3S. The van der Waals surface area contributed by atoms with Gasteiger partial charge in [0.2, 0.25) is 0 Å². The average molecular weight is 385 g/mol. The largest absolute Gasteiger partial charge is 0.497 e. The molecule has 1 atom stereocenters. The molecule has 0 saturated heterocycles. The highest BCUT2D eigenvalue weighted by molar-refractivity contribution is 7.14. The topological polar surface area (TPSA) is 54.7 Å². The number of likely N-dealkylation sites (N-methyl/N-ethyl adjacent to an activating group) is 1. The van der Waals surface area contributed by atoms with Crippen molar-refractivity contribution in [3.8, 4) is 16.9 Å². The zero-order chi connectivity index (χ0) is 19.4. The molecule has 1 unspecified atom stereocenters. The third-order valence-electron chi connectivity index (χ3n) is 4.49. The van der Waals surface area contributed by atoms with Crippen LogP contribution in [0.4, 0.5) is 0 Å². The number of furan rings is 1. The molecule has 0 aliphatic heterocycles. The van der Waals surface area contributed by atoms with Gasteiger partial charge in [-0.1, -0.05) is 12.1 Å². The van der Waals surface area contributed by atoms with Crippen molar-refractivity contribution in [1.82, 2.24) is 10.2 Å². The number of thiophene rings is 1. The molecule has 2 heterocycles. The number of rotatable bonds is 7. The second-order valence-electron chi connectivity index (χ2n) is 6.51. The maximum atomic E-state index is 12.7. The van der Waals surface area contributed by atoms with Crippen molar-refractivity contribution in [3.05, 3.63) is 64.2 Å². The van der Waals surface area contributed by atoms with Crippen molar-refractivity contribution < 1.29 is 13.9 Å². The number of ether oxygens (including phenoxy) is 1. The first kappa shape index (κ1) is 19.2. The number of methoxy groups -OCH3 is 1. The first-order valence-electron chi connectivity index (χ1n) is 8.72. The lowest BCUT2D eigenvalue weighted by Crippen LogP contribution is -2.34. The van der Waals surface area contributed by atoms with Crippen molar-refractivity contribution in [2.24, 2.45) is 0 Å². The highest BCUT2D eigenvalue weighted by Gasteiger charge is 2.19. The van der Waals surface area contributed by atoms with Crippen molar-refractivity contribution in [3.63, 3.8) is 0 Å². The predicted octanol–water partition coefficient (Wildman–Crippen LogP) is 4.36. The van der Waals surface area contributed by atoms with Gasteiger partial charge < -0.3 is 14.5 Å². The molecule has 27 heavy (non-hydrogen) atoms. The average Bonchev–Trinajstić information content (AvgIpc) is 3.31. The number of hydrogen-bond acceptors (Lipinski definition) is 5. The Balaban J connectivity index is 1.72. The minimum atomic E-state index is -0.0683. The van der Waals surface area contributed by atoms with Gasteiger partial charge in [-0.05, 0) is 62.5 Å². The van der Waals surface area contributed by atoms with E-state index in [-0.39, 0.29) is 11.9 Å². The van der Waals surface area contributed by atoms with Crippen LogP contribution >= 0.6 is 11.3 Å². The zero-order valence-electron chi connectivity index (χ0n) is 16.0. The molecule has 142 valence electrons. The fourth-order valence-corrected chi connectivity index (χ4v) is 3.90. The molecule has 1 aromatic carbocycles. The Hall–Kier alpha value is -2.57. The van der Waals surface area contributed by atoms with Gasteiger partial charge >= 0.3 is 0 Å². The zero-order valence-corrected chi connectivity index (χ0v) is 16.8. The van der Waals surface area contributed by atoms with Crippen LogP contribution in [0, 0.1) is 6.92 Å². The maximum absolute atomic E-state index is 12.7. The molecule has 3 rings (SSSR count). The molecule has 0 aliphatic carbocycles. The molecule has 3 aromatic rings. The van der Waals surface area contributed by atoms with Crippen LogP contribution in [0.2, 0.25) is 0 Å². The first-order chi connectivity index (χ1) is 13.0. The van der Waals surface area contributed by atoms with Gasteiger partial charge in [0.25, 0.3) is 5.91 Å². The van der Waals surface area contributed by atoms with Crippen LogP contribution in [-0.4, -0.2) is 38.6 Å². The smallest absolute Gasteiger partial charge is 0.261 e. The monoisotopic (exact) mass is 384 g/mol. The summed E-state index contributed by atoms with van der Waals surface area (Å²) in [6.07, 6.45) is 1.65. The first-order valence-corrected chi connectivity index (χ1v) is 9.54. The van der Waals surface area contributed by atoms with Gasteiger partial charge in [0, 0.05) is 11.4 Å². The Morgan fingerprint density at radius 3 is 2.59 bits per heavy atom. The summed E-state index contributed by atoms with van der Waals surface area (Å²) in [6, 6.07) is 13.6. The van der Waals surface area contributed by atoms with Crippen LogP contribution in [0.15, 0.2) is 53.1 Å². The number of carbonyl (C=O) groups is 1. The number of nitrogens with zero attached hydrogens (tertiary/aromatic N) is 1. The summed E-state index contributed by atoms with van der Waals surface area (Å²) in [5, 5.41) is 3.03. The molecule has 0 radical (unpaired) electrons. The fourth-order valence-electron chi connectivity index (χ4n) is 2.95. The summed E-state index contributed by atoms with van der Waals surface area (Å²) in [5.41, 5.74) is 2.15. The molecule has 2 aromatic heterocycles. The second kappa shape index (κ2) is 8.41. The van der Waals surface area contributed by atoms with Gasteiger partial charge in [-0.2, -0.15) is 0 Å². The lowest BCUT2D eigenvalue weighted by molar-refractivity contribution is 0.0943. The van der Waals surface area contributed by atoms with E-state index in [0.717, 1.165) is 27.5 Å². The molecule has 0 bridgehead atoms. The van der Waals surface area contributed by atoms with Crippen LogP contribution < -0.4 is 10.1 Å². The van der Waals surface area contributed by atoms with E-state index < -0.39 is 0 Å². The number of aryl methyl sites for hydroxylation is 1. The van der Waals surface area contributed by atoms with Crippen LogP contribution in [0.1, 0.15) is 26.4 Å². The summed E-state index contributed by atoms with van der Waals surface area (Å²) in [5.74, 6) is 1.58. The van der Waals surface area contributed by atoms with Gasteiger partial charge in [0.1, 0.15) is 11.5 Å². The fraction of sp³-hybridized carbons (Fsp3) is 0.286. The molecule has 5 nitrogen and oxygen atoms in total. The molecule has 0 saturated carbocycles. The summed E-state index contributed by atoms with van der Waals surface area (Å²) in [4.78, 5) is 16.5. The molecule has 0 aliphatic rings. The quantitative estimate of drug-likeness (QED) is 0.658. The number of nitrogens with one attached hydrogen (secondary N) is 1. The highest BCUT2D eigenvalue weighted by atomic mass is 32.1. The van der Waals surface area contributed by atoms with Crippen LogP contribution in [0.5, 0.6) is 5.75 Å². The number of carbonyl (C=O) groups excluding carboxylic acids is 1. The van der Waals surface area contributed by atoms with Crippen molar-refractivity contribution in [1.29, 1.82) is 0 Å². The summed E-state index contributed by atoms with van der Waals surface area (Å²) in [6.45, 7) is 2.51. The van der Waals surface area contributed by atoms with Crippen LogP contribution in [-0.2, 0) is 0 Å². The lowest BCUT2D eigenvalue weighted by atomic mass is 10.1. The van der Waals surface area contributed by atoms with E-state index in [4.69, 9.17) is 9.15 Å². The summed E-state index contributed by atoms with van der Waals surface area (Å²) >= 11 is 1.50. The standard InChI is InChI=1S/C21H24N2O3S/c1-14-17(15-7-9-16(25-4)10-8-15)12-20(27-14)21(24)22-13-18(23(2)3)19-6-5-11-26-19/h5-12,18H,13H2,1-4H3,(H,22,24).